The molecule has 1 fully saturated rings. The summed E-state index contributed by atoms with van der Waals surface area (Å²) in [6.07, 6.45) is 1.25. The molecule has 23 heavy (non-hydrogen) atoms. The predicted molar refractivity (Wildman–Crippen MR) is 83.7 cm³/mol. The molecule has 1 aliphatic heterocycles. The SMILES string of the molecule is Cc1ccc(NC=C(C#N)C#N)cc1S(=O)(=O)N1CCOCC1. The number of anilines is 1. The van der Waals surface area contributed by atoms with Crippen LogP contribution in [0.3, 0.4) is 0 Å². The Kier molecular flexibility index (Phi) is 5.35. The van der Waals surface area contributed by atoms with Crippen molar-refractivity contribution in [3.05, 3.63) is 35.5 Å². The van der Waals surface area contributed by atoms with E-state index < -0.39 is 10.0 Å². The van der Waals surface area contributed by atoms with E-state index in [4.69, 9.17) is 15.3 Å². The minimum atomic E-state index is -3.60. The van der Waals surface area contributed by atoms with Crippen molar-refractivity contribution in [2.45, 2.75) is 11.8 Å². The van der Waals surface area contributed by atoms with Crippen molar-refractivity contribution in [3.63, 3.8) is 0 Å². The van der Waals surface area contributed by atoms with Crippen LogP contribution < -0.4 is 5.32 Å². The molecule has 1 aliphatic rings. The lowest BCUT2D eigenvalue weighted by molar-refractivity contribution is 0.0730. The maximum atomic E-state index is 12.7. The summed E-state index contributed by atoms with van der Waals surface area (Å²) >= 11 is 0. The molecule has 1 N–H and O–H groups in total. The topological polar surface area (TPSA) is 106 Å². The number of aryl methyl sites for hydroxylation is 1. The van der Waals surface area contributed by atoms with Gasteiger partial charge in [-0.2, -0.15) is 14.8 Å². The zero-order chi connectivity index (χ0) is 16.9. The molecule has 0 aliphatic carbocycles. The first kappa shape index (κ1) is 17.0. The quantitative estimate of drug-likeness (QED) is 0.834. The van der Waals surface area contributed by atoms with E-state index in [1.54, 1.807) is 31.2 Å². The van der Waals surface area contributed by atoms with Gasteiger partial charge in [-0.15, -0.1) is 0 Å². The molecule has 8 heteroatoms. The summed E-state index contributed by atoms with van der Waals surface area (Å²) in [5.41, 5.74) is 1.03. The molecule has 1 aromatic carbocycles. The van der Waals surface area contributed by atoms with Gasteiger partial charge in [-0.3, -0.25) is 0 Å². The number of benzene rings is 1. The molecule has 0 radical (unpaired) electrons. The Morgan fingerprint density at radius 3 is 2.57 bits per heavy atom. The molecule has 0 saturated carbocycles. The number of nitriles is 2. The second-order valence-electron chi connectivity index (χ2n) is 4.92. The summed E-state index contributed by atoms with van der Waals surface area (Å²) in [6, 6.07) is 8.33. The number of hydrogen-bond acceptors (Lipinski definition) is 6. The number of hydrogen-bond donors (Lipinski definition) is 1. The number of rotatable bonds is 4. The zero-order valence-corrected chi connectivity index (χ0v) is 13.4. The predicted octanol–water partition coefficient (Wildman–Crippen LogP) is 1.36. The van der Waals surface area contributed by atoms with E-state index in [1.807, 2.05) is 0 Å². The lowest BCUT2D eigenvalue weighted by Gasteiger charge is -2.26. The first-order valence-corrected chi connectivity index (χ1v) is 8.38. The Hall–Kier alpha value is -2.39. The van der Waals surface area contributed by atoms with Crippen LogP contribution in [0.4, 0.5) is 5.69 Å². The van der Waals surface area contributed by atoms with Gasteiger partial charge in [0.05, 0.1) is 18.1 Å². The summed E-state index contributed by atoms with van der Waals surface area (Å²) in [5, 5.41) is 20.2. The highest BCUT2D eigenvalue weighted by atomic mass is 32.2. The monoisotopic (exact) mass is 332 g/mol. The van der Waals surface area contributed by atoms with Crippen LogP contribution in [0, 0.1) is 29.6 Å². The molecular weight excluding hydrogens is 316 g/mol. The molecule has 120 valence electrons. The molecule has 0 bridgehead atoms. The number of nitrogens with zero attached hydrogens (tertiary/aromatic N) is 3. The van der Waals surface area contributed by atoms with Crippen LogP contribution in [-0.2, 0) is 14.8 Å². The van der Waals surface area contributed by atoms with E-state index >= 15 is 0 Å². The summed E-state index contributed by atoms with van der Waals surface area (Å²) in [6.45, 7) is 3.14. The molecule has 7 nitrogen and oxygen atoms in total. The highest BCUT2D eigenvalue weighted by molar-refractivity contribution is 7.89. The number of sulfonamides is 1. The fourth-order valence-electron chi connectivity index (χ4n) is 2.14. The Bertz CT molecular complexity index is 781. The van der Waals surface area contributed by atoms with Gasteiger partial charge in [-0.25, -0.2) is 8.42 Å². The van der Waals surface area contributed by atoms with E-state index in [-0.39, 0.29) is 10.5 Å². The summed E-state index contributed by atoms with van der Waals surface area (Å²) in [5.74, 6) is 0. The van der Waals surface area contributed by atoms with E-state index in [0.29, 0.717) is 37.6 Å². The number of ether oxygens (including phenoxy) is 1. The van der Waals surface area contributed by atoms with Gasteiger partial charge in [0.1, 0.15) is 17.7 Å². The molecule has 0 amide bonds. The first-order valence-electron chi connectivity index (χ1n) is 6.94. The third-order valence-corrected chi connectivity index (χ3v) is 5.44. The van der Waals surface area contributed by atoms with Crippen molar-refractivity contribution in [1.82, 2.24) is 4.31 Å². The number of allylic oxidation sites excluding steroid dienone is 1. The molecule has 1 heterocycles. The minimum absolute atomic E-state index is 0.0943. The van der Waals surface area contributed by atoms with Gasteiger partial charge in [0.2, 0.25) is 10.0 Å². The highest BCUT2D eigenvalue weighted by Gasteiger charge is 2.27. The van der Waals surface area contributed by atoms with Crippen LogP contribution in [0.15, 0.2) is 34.9 Å². The van der Waals surface area contributed by atoms with E-state index in [9.17, 15) is 8.42 Å². The van der Waals surface area contributed by atoms with E-state index in [0.717, 1.165) is 0 Å². The van der Waals surface area contributed by atoms with E-state index in [2.05, 4.69) is 5.32 Å². The average Bonchev–Trinajstić information content (AvgIpc) is 2.57. The van der Waals surface area contributed by atoms with Gasteiger partial charge in [-0.1, -0.05) is 6.07 Å². The highest BCUT2D eigenvalue weighted by Crippen LogP contribution is 2.24. The van der Waals surface area contributed by atoms with Gasteiger partial charge in [-0.05, 0) is 24.6 Å². The van der Waals surface area contributed by atoms with Gasteiger partial charge >= 0.3 is 0 Å². The zero-order valence-electron chi connectivity index (χ0n) is 12.6. The van der Waals surface area contributed by atoms with Crippen molar-refractivity contribution in [1.29, 1.82) is 10.5 Å². The van der Waals surface area contributed by atoms with Gasteiger partial charge in [0.25, 0.3) is 0 Å². The molecule has 0 unspecified atom stereocenters. The Labute approximate surface area is 135 Å². The third kappa shape index (κ3) is 3.88. The standard InChI is InChI=1S/C15H16N4O3S/c1-12-2-3-14(18-11-13(9-16)10-17)8-15(12)23(20,21)19-4-6-22-7-5-19/h2-3,8,11,18H,4-7H2,1H3. The average molecular weight is 332 g/mol. The Morgan fingerprint density at radius 2 is 1.96 bits per heavy atom. The van der Waals surface area contributed by atoms with Crippen LogP contribution >= 0.6 is 0 Å². The van der Waals surface area contributed by atoms with Gasteiger partial charge < -0.3 is 10.1 Å². The fourth-order valence-corrected chi connectivity index (χ4v) is 3.80. The molecule has 1 aromatic rings. The van der Waals surface area contributed by atoms with Crippen molar-refractivity contribution in [3.8, 4) is 12.1 Å². The van der Waals surface area contributed by atoms with Crippen LogP contribution in [0.1, 0.15) is 5.56 Å². The summed E-state index contributed by atoms with van der Waals surface area (Å²) in [7, 11) is -3.60. The molecule has 0 spiro atoms. The van der Waals surface area contributed by atoms with Gasteiger partial charge in [0.15, 0.2) is 0 Å². The maximum Gasteiger partial charge on any atom is 0.243 e. The van der Waals surface area contributed by atoms with Crippen molar-refractivity contribution in [2.24, 2.45) is 0 Å². The number of morpholine rings is 1. The number of nitrogens with one attached hydrogen (secondary N) is 1. The second kappa shape index (κ2) is 7.25. The smallest absolute Gasteiger partial charge is 0.243 e. The Balaban J connectivity index is 2.32. The molecule has 0 aromatic heterocycles. The van der Waals surface area contributed by atoms with Crippen molar-refractivity contribution >= 4 is 15.7 Å². The lowest BCUT2D eigenvalue weighted by atomic mass is 10.2. The molecule has 1 saturated heterocycles. The second-order valence-corrected chi connectivity index (χ2v) is 6.83. The Morgan fingerprint density at radius 1 is 1.30 bits per heavy atom. The molecular formula is C15H16N4O3S. The van der Waals surface area contributed by atoms with E-state index in [1.165, 1.54) is 16.6 Å². The molecule has 0 atom stereocenters. The first-order chi connectivity index (χ1) is 11.0. The van der Waals surface area contributed by atoms with Crippen molar-refractivity contribution in [2.75, 3.05) is 31.6 Å². The fraction of sp³-hybridized carbons (Fsp3) is 0.333. The summed E-state index contributed by atoms with van der Waals surface area (Å²) < 4.78 is 32.1. The maximum absolute atomic E-state index is 12.7. The minimum Gasteiger partial charge on any atom is -0.379 e. The van der Waals surface area contributed by atoms with Crippen LogP contribution in [0.25, 0.3) is 0 Å². The van der Waals surface area contributed by atoms with Crippen LogP contribution in [-0.4, -0.2) is 39.0 Å². The lowest BCUT2D eigenvalue weighted by Crippen LogP contribution is -2.40. The largest absolute Gasteiger partial charge is 0.379 e. The van der Waals surface area contributed by atoms with Gasteiger partial charge in [0, 0.05) is 25.0 Å². The normalized spacial score (nSPS) is 15.3. The summed E-state index contributed by atoms with van der Waals surface area (Å²) in [4.78, 5) is 0.202. The molecule has 2 rings (SSSR count). The van der Waals surface area contributed by atoms with Crippen LogP contribution in [0.5, 0.6) is 0 Å². The third-order valence-electron chi connectivity index (χ3n) is 3.40. The van der Waals surface area contributed by atoms with Crippen LogP contribution in [0.2, 0.25) is 0 Å². The van der Waals surface area contributed by atoms with Crippen molar-refractivity contribution < 1.29 is 13.2 Å².